The molecule has 2 aromatic carbocycles. The van der Waals surface area contributed by atoms with Crippen LogP contribution in [0.5, 0.6) is 5.75 Å². The number of pyridine rings is 1. The van der Waals surface area contributed by atoms with Gasteiger partial charge in [-0.15, -0.1) is 0 Å². The topological polar surface area (TPSA) is 113 Å². The van der Waals surface area contributed by atoms with Gasteiger partial charge in [0, 0.05) is 27.9 Å². The first-order valence-corrected chi connectivity index (χ1v) is 9.16. The van der Waals surface area contributed by atoms with E-state index in [-0.39, 0.29) is 18.1 Å². The summed E-state index contributed by atoms with van der Waals surface area (Å²) < 4.78 is 6.68. The lowest BCUT2D eigenvalue weighted by atomic mass is 10.1. The number of ether oxygens (including phenoxy) is 1. The molecule has 0 fully saturated rings. The van der Waals surface area contributed by atoms with Gasteiger partial charge in [0.05, 0.1) is 22.8 Å². The highest BCUT2D eigenvalue weighted by Gasteiger charge is 2.13. The molecule has 0 aliphatic heterocycles. The van der Waals surface area contributed by atoms with Crippen LogP contribution in [-0.4, -0.2) is 16.1 Å². The lowest BCUT2D eigenvalue weighted by Gasteiger charge is -2.10. The summed E-state index contributed by atoms with van der Waals surface area (Å²) in [7, 11) is 0. The zero-order chi connectivity index (χ0) is 20.6. The number of rotatable bonds is 7. The molecule has 0 spiro atoms. The first-order valence-electron chi connectivity index (χ1n) is 8.37. The third kappa shape index (κ3) is 5.15. The van der Waals surface area contributed by atoms with Crippen molar-refractivity contribution in [1.82, 2.24) is 4.98 Å². The van der Waals surface area contributed by atoms with Gasteiger partial charge in [0.15, 0.2) is 0 Å². The molecule has 29 heavy (non-hydrogen) atoms. The third-order valence-corrected chi connectivity index (χ3v) is 4.34. The Hall–Kier alpha value is -3.77. The summed E-state index contributed by atoms with van der Waals surface area (Å²) in [5.74, 6) is 0.580. The van der Waals surface area contributed by atoms with Crippen molar-refractivity contribution < 1.29 is 9.66 Å². The minimum Gasteiger partial charge on any atom is -0.488 e. The van der Waals surface area contributed by atoms with Crippen molar-refractivity contribution in [2.45, 2.75) is 6.61 Å². The predicted molar refractivity (Wildman–Crippen MR) is 112 cm³/mol. The van der Waals surface area contributed by atoms with Crippen LogP contribution >= 0.6 is 15.9 Å². The zero-order valence-electron chi connectivity index (χ0n) is 14.9. The summed E-state index contributed by atoms with van der Waals surface area (Å²) in [4.78, 5) is 14.4. The molecule has 0 unspecified atom stereocenters. The van der Waals surface area contributed by atoms with E-state index in [1.807, 2.05) is 18.2 Å². The van der Waals surface area contributed by atoms with Gasteiger partial charge in [-0.1, -0.05) is 34.1 Å². The van der Waals surface area contributed by atoms with Crippen LogP contribution in [0.2, 0.25) is 0 Å². The average Bonchev–Trinajstić information content (AvgIpc) is 2.73. The lowest BCUT2D eigenvalue weighted by Crippen LogP contribution is -2.02. The van der Waals surface area contributed by atoms with Crippen LogP contribution in [0.4, 0.5) is 11.5 Å². The van der Waals surface area contributed by atoms with Gasteiger partial charge >= 0.3 is 5.69 Å². The van der Waals surface area contributed by atoms with Gasteiger partial charge in [-0.05, 0) is 30.3 Å². The van der Waals surface area contributed by atoms with Gasteiger partial charge < -0.3 is 4.74 Å². The molecular weight excluding hydrogens is 438 g/mol. The second-order valence-electron chi connectivity index (χ2n) is 5.74. The maximum absolute atomic E-state index is 11.1. The molecular formula is C20H14BrN5O3. The molecule has 0 amide bonds. The van der Waals surface area contributed by atoms with Crippen LogP contribution in [0.25, 0.3) is 0 Å². The Morgan fingerprint density at radius 1 is 1.28 bits per heavy atom. The van der Waals surface area contributed by atoms with E-state index in [9.17, 15) is 15.4 Å². The van der Waals surface area contributed by atoms with Crippen LogP contribution in [0.15, 0.2) is 70.4 Å². The molecule has 0 atom stereocenters. The number of hydrogen-bond acceptors (Lipinski definition) is 7. The molecule has 9 heteroatoms. The van der Waals surface area contributed by atoms with Crippen molar-refractivity contribution in [2.75, 3.05) is 5.43 Å². The molecule has 1 aromatic heterocycles. The van der Waals surface area contributed by atoms with Crippen LogP contribution in [0.1, 0.15) is 16.7 Å². The SMILES string of the molecule is N#Cc1ccccc1COc1ccc(Br)cc1C=NNc1ncccc1[N+](=O)[O-]. The molecule has 0 aliphatic carbocycles. The smallest absolute Gasteiger partial charge is 0.313 e. The molecule has 144 valence electrons. The standard InChI is InChI=1S/C20H14BrN5O3/c21-17-7-8-19(29-13-15-5-2-1-4-14(15)11-22)16(10-17)12-24-25-20-18(26(27)28)6-3-9-23-20/h1-10,12H,13H2,(H,23,25). The number of hydrogen-bond donors (Lipinski definition) is 1. The highest BCUT2D eigenvalue weighted by atomic mass is 79.9. The first-order chi connectivity index (χ1) is 14.1. The number of aromatic nitrogens is 1. The van der Waals surface area contributed by atoms with Gasteiger partial charge in [-0.25, -0.2) is 4.98 Å². The van der Waals surface area contributed by atoms with E-state index in [1.54, 1.807) is 24.3 Å². The highest BCUT2D eigenvalue weighted by Crippen LogP contribution is 2.24. The second kappa shape index (κ2) is 9.43. The number of halogens is 1. The van der Waals surface area contributed by atoms with E-state index in [4.69, 9.17) is 4.74 Å². The molecule has 0 aliphatic rings. The molecule has 0 saturated carbocycles. The van der Waals surface area contributed by atoms with Crippen molar-refractivity contribution in [3.8, 4) is 11.8 Å². The van der Waals surface area contributed by atoms with Crippen molar-refractivity contribution in [2.24, 2.45) is 5.10 Å². The number of anilines is 1. The first kappa shape index (κ1) is 20.0. The molecule has 8 nitrogen and oxygen atoms in total. The molecule has 1 heterocycles. The Bertz CT molecular complexity index is 1110. The fourth-order valence-corrected chi connectivity index (χ4v) is 2.83. The number of nitrogens with zero attached hydrogens (tertiary/aromatic N) is 4. The molecule has 0 saturated heterocycles. The van der Waals surface area contributed by atoms with Crippen LogP contribution in [0, 0.1) is 21.4 Å². The summed E-state index contributed by atoms with van der Waals surface area (Å²) in [6, 6.07) is 17.5. The summed E-state index contributed by atoms with van der Waals surface area (Å²) in [5, 5.41) is 24.3. The fourth-order valence-electron chi connectivity index (χ4n) is 2.46. The molecule has 0 radical (unpaired) electrons. The second-order valence-corrected chi connectivity index (χ2v) is 6.65. The van der Waals surface area contributed by atoms with Crippen molar-refractivity contribution in [3.05, 3.63) is 92.1 Å². The number of nitriles is 1. The van der Waals surface area contributed by atoms with E-state index in [0.29, 0.717) is 16.9 Å². The third-order valence-electron chi connectivity index (χ3n) is 3.85. The average molecular weight is 452 g/mol. The number of benzene rings is 2. The maximum Gasteiger partial charge on any atom is 0.313 e. The van der Waals surface area contributed by atoms with Crippen molar-refractivity contribution >= 4 is 33.6 Å². The molecule has 0 bridgehead atoms. The fraction of sp³-hybridized carbons (Fsp3) is 0.0500. The Balaban J connectivity index is 1.78. The van der Waals surface area contributed by atoms with Gasteiger partial charge in [0.1, 0.15) is 12.4 Å². The lowest BCUT2D eigenvalue weighted by molar-refractivity contribution is -0.384. The van der Waals surface area contributed by atoms with Crippen LogP contribution in [0.3, 0.4) is 0 Å². The zero-order valence-corrected chi connectivity index (χ0v) is 16.5. The Labute approximate surface area is 174 Å². The maximum atomic E-state index is 11.1. The van der Waals surface area contributed by atoms with Gasteiger partial charge in [0.2, 0.25) is 5.82 Å². The Kier molecular flexibility index (Phi) is 6.50. The summed E-state index contributed by atoms with van der Waals surface area (Å²) >= 11 is 3.40. The van der Waals surface area contributed by atoms with Crippen molar-refractivity contribution in [3.63, 3.8) is 0 Å². The monoisotopic (exact) mass is 451 g/mol. The van der Waals surface area contributed by atoms with E-state index in [2.05, 4.69) is 37.5 Å². The summed E-state index contributed by atoms with van der Waals surface area (Å²) in [5.41, 5.74) is 4.36. The summed E-state index contributed by atoms with van der Waals surface area (Å²) in [6.07, 6.45) is 2.92. The number of nitro groups is 1. The number of nitrogens with one attached hydrogen (secondary N) is 1. The quantitative estimate of drug-likeness (QED) is 0.317. The molecule has 3 rings (SSSR count). The molecule has 3 aromatic rings. The van der Waals surface area contributed by atoms with Crippen LogP contribution < -0.4 is 10.2 Å². The van der Waals surface area contributed by atoms with Gasteiger partial charge in [0.25, 0.3) is 0 Å². The Morgan fingerprint density at radius 2 is 2.10 bits per heavy atom. The largest absolute Gasteiger partial charge is 0.488 e. The van der Waals surface area contributed by atoms with E-state index in [0.717, 1.165) is 10.0 Å². The van der Waals surface area contributed by atoms with Gasteiger partial charge in [-0.3, -0.25) is 15.5 Å². The van der Waals surface area contributed by atoms with Crippen LogP contribution in [-0.2, 0) is 6.61 Å². The normalized spacial score (nSPS) is 10.5. The van der Waals surface area contributed by atoms with E-state index < -0.39 is 4.92 Å². The van der Waals surface area contributed by atoms with Crippen molar-refractivity contribution in [1.29, 1.82) is 5.26 Å². The minimum absolute atomic E-state index is 0.0363. The van der Waals surface area contributed by atoms with E-state index in [1.165, 1.54) is 24.5 Å². The highest BCUT2D eigenvalue weighted by molar-refractivity contribution is 9.10. The number of hydrazone groups is 1. The summed E-state index contributed by atoms with van der Waals surface area (Å²) in [6.45, 7) is 0.214. The predicted octanol–water partition coefficient (Wildman–Crippen LogP) is 4.65. The van der Waals surface area contributed by atoms with Gasteiger partial charge in [-0.2, -0.15) is 10.4 Å². The molecule has 1 N–H and O–H groups in total. The minimum atomic E-state index is -0.537. The Morgan fingerprint density at radius 3 is 2.90 bits per heavy atom. The van der Waals surface area contributed by atoms with E-state index >= 15 is 0 Å².